The fourth-order valence-electron chi connectivity index (χ4n) is 3.25. The van der Waals surface area contributed by atoms with Crippen molar-refractivity contribution in [2.75, 3.05) is 12.4 Å². The van der Waals surface area contributed by atoms with E-state index in [0.717, 1.165) is 36.4 Å². The predicted molar refractivity (Wildman–Crippen MR) is 124 cm³/mol. The number of carbonyl (C=O) groups excluding carboxylic acids is 1. The summed E-state index contributed by atoms with van der Waals surface area (Å²) in [5, 5.41) is 3.53. The van der Waals surface area contributed by atoms with Crippen LogP contribution < -0.4 is 5.32 Å². The molecule has 0 saturated carbocycles. The molecular weight excluding hydrogens is 406 g/mol. The molecule has 0 aromatic heterocycles. The SMILES string of the molecule is COC(=O)C1=C(c2ccccc2)S/C(=C2\C(=S)C(C)(C)Nc3ccccc32)S1. The van der Waals surface area contributed by atoms with Crippen LogP contribution in [0, 0.1) is 0 Å². The third-order valence-electron chi connectivity index (χ3n) is 4.64. The van der Waals surface area contributed by atoms with Crippen molar-refractivity contribution in [1.29, 1.82) is 0 Å². The Hall–Kier alpha value is -2.02. The molecule has 2 aliphatic heterocycles. The minimum atomic E-state index is -0.353. The molecule has 0 unspecified atom stereocenters. The van der Waals surface area contributed by atoms with Crippen LogP contribution in [0.1, 0.15) is 25.0 Å². The second-order valence-electron chi connectivity index (χ2n) is 7.01. The highest BCUT2D eigenvalue weighted by atomic mass is 32.2. The zero-order chi connectivity index (χ0) is 19.9. The molecule has 142 valence electrons. The van der Waals surface area contributed by atoms with Crippen molar-refractivity contribution >= 4 is 62.7 Å². The van der Waals surface area contributed by atoms with E-state index in [4.69, 9.17) is 17.0 Å². The highest BCUT2D eigenvalue weighted by Gasteiger charge is 2.38. The number of para-hydroxylation sites is 1. The highest BCUT2D eigenvalue weighted by Crippen LogP contribution is 2.57. The average Bonchev–Trinajstić information content (AvgIpc) is 3.13. The number of esters is 1. The maximum absolute atomic E-state index is 12.5. The molecule has 2 aromatic rings. The van der Waals surface area contributed by atoms with Crippen LogP contribution in [0.25, 0.3) is 10.5 Å². The summed E-state index contributed by atoms with van der Waals surface area (Å²) in [4.78, 5) is 14.9. The van der Waals surface area contributed by atoms with Crippen LogP contribution >= 0.6 is 35.7 Å². The molecule has 0 atom stereocenters. The number of hydrogen-bond donors (Lipinski definition) is 1. The van der Waals surface area contributed by atoms with Gasteiger partial charge in [0.25, 0.3) is 0 Å². The van der Waals surface area contributed by atoms with Crippen molar-refractivity contribution in [1.82, 2.24) is 0 Å². The van der Waals surface area contributed by atoms with Gasteiger partial charge in [-0.15, -0.1) is 0 Å². The first-order valence-corrected chi connectivity index (χ1v) is 10.9. The summed E-state index contributed by atoms with van der Waals surface area (Å²) >= 11 is 8.93. The molecule has 0 radical (unpaired) electrons. The molecule has 2 aliphatic rings. The molecule has 0 bridgehead atoms. The number of methoxy groups -OCH3 is 1. The van der Waals surface area contributed by atoms with Gasteiger partial charge in [-0.2, -0.15) is 0 Å². The van der Waals surface area contributed by atoms with Crippen LogP contribution in [0.4, 0.5) is 5.69 Å². The number of thioether (sulfide) groups is 2. The standard InChI is InChI=1S/C22H19NO2S3/c1-22(2)19(26)16(14-11-7-8-12-15(14)23-22)21-27-17(13-9-5-4-6-10-13)18(28-21)20(24)25-3/h4-12,23H,1-3H3/b21-16+. The van der Waals surface area contributed by atoms with Crippen molar-refractivity contribution < 1.29 is 9.53 Å². The Bertz CT molecular complexity index is 1040. The van der Waals surface area contributed by atoms with Crippen LogP contribution in [0.15, 0.2) is 63.7 Å². The van der Waals surface area contributed by atoms with E-state index < -0.39 is 0 Å². The lowest BCUT2D eigenvalue weighted by atomic mass is 9.86. The van der Waals surface area contributed by atoms with Gasteiger partial charge in [0.1, 0.15) is 4.91 Å². The number of benzene rings is 2. The predicted octanol–water partition coefficient (Wildman–Crippen LogP) is 5.95. The van der Waals surface area contributed by atoms with E-state index in [1.54, 1.807) is 11.8 Å². The number of hydrogen-bond acceptors (Lipinski definition) is 6. The molecular formula is C22H19NO2S3. The van der Waals surface area contributed by atoms with E-state index in [1.165, 1.54) is 18.9 Å². The topological polar surface area (TPSA) is 38.3 Å². The maximum atomic E-state index is 12.5. The lowest BCUT2D eigenvalue weighted by Crippen LogP contribution is -2.43. The molecule has 6 heteroatoms. The first kappa shape index (κ1) is 19.3. The summed E-state index contributed by atoms with van der Waals surface area (Å²) in [5.41, 5.74) is 3.80. The third-order valence-corrected chi connectivity index (χ3v) is 7.99. The van der Waals surface area contributed by atoms with E-state index in [9.17, 15) is 4.79 Å². The largest absolute Gasteiger partial charge is 0.465 e. The summed E-state index contributed by atoms with van der Waals surface area (Å²) in [6.45, 7) is 4.17. The van der Waals surface area contributed by atoms with Crippen molar-refractivity contribution in [2.45, 2.75) is 19.4 Å². The monoisotopic (exact) mass is 425 g/mol. The molecule has 0 aliphatic carbocycles. The number of fused-ring (bicyclic) bond motifs is 1. The summed E-state index contributed by atoms with van der Waals surface area (Å²) in [7, 11) is 1.42. The number of rotatable bonds is 2. The fraction of sp³-hybridized carbons (Fsp3) is 0.182. The van der Waals surface area contributed by atoms with Crippen LogP contribution in [-0.2, 0) is 9.53 Å². The number of ether oxygens (including phenoxy) is 1. The zero-order valence-electron chi connectivity index (χ0n) is 15.7. The van der Waals surface area contributed by atoms with E-state index in [2.05, 4.69) is 31.3 Å². The van der Waals surface area contributed by atoms with Gasteiger partial charge >= 0.3 is 5.97 Å². The number of nitrogens with one attached hydrogen (secondary N) is 1. The van der Waals surface area contributed by atoms with Crippen LogP contribution in [0.5, 0.6) is 0 Å². The van der Waals surface area contributed by atoms with Gasteiger partial charge in [0, 0.05) is 26.6 Å². The van der Waals surface area contributed by atoms with E-state index in [-0.39, 0.29) is 11.5 Å². The van der Waals surface area contributed by atoms with Gasteiger partial charge in [-0.3, -0.25) is 0 Å². The second-order valence-corrected chi connectivity index (χ2v) is 9.72. The maximum Gasteiger partial charge on any atom is 0.345 e. The summed E-state index contributed by atoms with van der Waals surface area (Å²) in [6, 6.07) is 18.1. The Morgan fingerprint density at radius 3 is 2.43 bits per heavy atom. The zero-order valence-corrected chi connectivity index (χ0v) is 18.2. The van der Waals surface area contributed by atoms with Gasteiger partial charge in [-0.25, -0.2) is 4.79 Å². The van der Waals surface area contributed by atoms with Gasteiger partial charge in [0.05, 0.1) is 16.9 Å². The van der Waals surface area contributed by atoms with Crippen LogP contribution in [-0.4, -0.2) is 23.5 Å². The molecule has 3 nitrogen and oxygen atoms in total. The van der Waals surface area contributed by atoms with Crippen LogP contribution in [0.2, 0.25) is 0 Å². The van der Waals surface area contributed by atoms with Gasteiger partial charge in [0.15, 0.2) is 0 Å². The molecule has 4 rings (SSSR count). The Morgan fingerprint density at radius 1 is 1.04 bits per heavy atom. The molecule has 2 heterocycles. The molecule has 0 spiro atoms. The minimum Gasteiger partial charge on any atom is -0.465 e. The first-order valence-electron chi connectivity index (χ1n) is 8.83. The second kappa shape index (κ2) is 7.43. The summed E-state index contributed by atoms with van der Waals surface area (Å²) < 4.78 is 6.08. The minimum absolute atomic E-state index is 0.320. The number of anilines is 1. The Kier molecular flexibility index (Phi) is 5.12. The van der Waals surface area contributed by atoms with Crippen molar-refractivity contribution in [3.05, 3.63) is 74.9 Å². The van der Waals surface area contributed by atoms with E-state index in [1.807, 2.05) is 42.5 Å². The average molecular weight is 426 g/mol. The lowest BCUT2D eigenvalue weighted by molar-refractivity contribution is -0.135. The lowest BCUT2D eigenvalue weighted by Gasteiger charge is -2.36. The van der Waals surface area contributed by atoms with Gasteiger partial charge < -0.3 is 10.1 Å². The van der Waals surface area contributed by atoms with Gasteiger partial charge in [-0.05, 0) is 25.5 Å². The Morgan fingerprint density at radius 2 is 1.71 bits per heavy atom. The molecule has 0 saturated heterocycles. The fourth-order valence-corrected chi connectivity index (χ4v) is 6.36. The molecule has 1 N–H and O–H groups in total. The molecule has 28 heavy (non-hydrogen) atoms. The number of thiocarbonyl (C=S) groups is 1. The van der Waals surface area contributed by atoms with Gasteiger partial charge in [0.2, 0.25) is 0 Å². The normalized spacial score (nSPS) is 20.6. The third kappa shape index (κ3) is 3.30. The Labute approximate surface area is 178 Å². The highest BCUT2D eigenvalue weighted by molar-refractivity contribution is 8.32. The molecule has 0 fully saturated rings. The Balaban J connectivity index is 1.87. The van der Waals surface area contributed by atoms with Crippen molar-refractivity contribution in [2.24, 2.45) is 0 Å². The number of carbonyl (C=O) groups is 1. The smallest absolute Gasteiger partial charge is 0.345 e. The van der Waals surface area contributed by atoms with Crippen molar-refractivity contribution in [3.8, 4) is 0 Å². The quantitative estimate of drug-likeness (QED) is 0.364. The molecule has 2 aromatic carbocycles. The van der Waals surface area contributed by atoms with Gasteiger partial charge in [-0.1, -0.05) is 84.3 Å². The van der Waals surface area contributed by atoms with E-state index >= 15 is 0 Å². The summed E-state index contributed by atoms with van der Waals surface area (Å²) in [5.74, 6) is -0.320. The molecule has 0 amide bonds. The summed E-state index contributed by atoms with van der Waals surface area (Å²) in [6.07, 6.45) is 0. The van der Waals surface area contributed by atoms with E-state index in [0.29, 0.717) is 4.91 Å². The van der Waals surface area contributed by atoms with Crippen LogP contribution in [0.3, 0.4) is 0 Å². The first-order chi connectivity index (χ1) is 13.4. The van der Waals surface area contributed by atoms with Crippen molar-refractivity contribution in [3.63, 3.8) is 0 Å².